The second kappa shape index (κ2) is 8.68. The van der Waals surface area contributed by atoms with E-state index in [0.29, 0.717) is 43.3 Å². The smallest absolute Gasteiger partial charge is 0.317 e. The molecule has 0 unspecified atom stereocenters. The van der Waals surface area contributed by atoms with E-state index >= 15 is 0 Å². The van der Waals surface area contributed by atoms with Gasteiger partial charge in [0.15, 0.2) is 11.6 Å². The molecule has 1 fully saturated rings. The number of aryl methyl sites for hydroxylation is 1. The van der Waals surface area contributed by atoms with Crippen molar-refractivity contribution in [3.63, 3.8) is 0 Å². The van der Waals surface area contributed by atoms with Crippen LogP contribution in [0.4, 0.5) is 4.79 Å². The molecule has 0 spiro atoms. The summed E-state index contributed by atoms with van der Waals surface area (Å²) >= 11 is 0. The molecule has 1 aliphatic rings. The number of hydrogen-bond acceptors (Lipinski definition) is 6. The largest absolute Gasteiger partial charge is 0.469 e. The van der Waals surface area contributed by atoms with Gasteiger partial charge >= 0.3 is 12.0 Å². The van der Waals surface area contributed by atoms with Crippen LogP contribution in [0.3, 0.4) is 0 Å². The molecule has 1 aromatic rings. The molecule has 0 atom stereocenters. The number of likely N-dealkylation sites (tertiary alicyclic amines) is 1. The number of carbonyl (C=O) groups is 3. The van der Waals surface area contributed by atoms with E-state index in [2.05, 4.69) is 15.0 Å². The molecular weight excluding hydrogens is 340 g/mol. The van der Waals surface area contributed by atoms with Crippen LogP contribution in [0.15, 0.2) is 4.42 Å². The van der Waals surface area contributed by atoms with E-state index in [-0.39, 0.29) is 36.8 Å². The predicted molar refractivity (Wildman–Crippen MR) is 92.8 cm³/mol. The molecule has 26 heavy (non-hydrogen) atoms. The maximum atomic E-state index is 12.1. The first kappa shape index (κ1) is 19.7. The summed E-state index contributed by atoms with van der Waals surface area (Å²) in [7, 11) is 4.66. The lowest BCUT2D eigenvalue weighted by molar-refractivity contribution is -0.140. The number of oxazole rings is 1. The zero-order chi connectivity index (χ0) is 19.3. The van der Waals surface area contributed by atoms with Crippen LogP contribution in [0.2, 0.25) is 0 Å². The number of nitrogens with zero attached hydrogens (tertiary/aromatic N) is 3. The zero-order valence-corrected chi connectivity index (χ0v) is 15.7. The van der Waals surface area contributed by atoms with E-state index in [1.54, 1.807) is 25.9 Å². The highest BCUT2D eigenvalue weighted by Crippen LogP contribution is 2.29. The number of piperidine rings is 1. The van der Waals surface area contributed by atoms with Gasteiger partial charge in [-0.2, -0.15) is 0 Å². The van der Waals surface area contributed by atoms with E-state index in [0.717, 1.165) is 0 Å². The van der Waals surface area contributed by atoms with Gasteiger partial charge < -0.3 is 24.3 Å². The summed E-state index contributed by atoms with van der Waals surface area (Å²) in [6.07, 6.45) is 1.57. The van der Waals surface area contributed by atoms with Gasteiger partial charge in [0.2, 0.25) is 0 Å². The summed E-state index contributed by atoms with van der Waals surface area (Å²) in [6, 6.07) is -0.195. The minimum absolute atomic E-state index is 0.0801. The highest BCUT2D eigenvalue weighted by Gasteiger charge is 2.29. The Morgan fingerprint density at radius 1 is 1.31 bits per heavy atom. The summed E-state index contributed by atoms with van der Waals surface area (Å²) in [6.45, 7) is 3.11. The van der Waals surface area contributed by atoms with Crippen molar-refractivity contribution in [2.75, 3.05) is 40.8 Å². The Hall–Kier alpha value is -2.58. The zero-order valence-electron chi connectivity index (χ0n) is 15.7. The van der Waals surface area contributed by atoms with Gasteiger partial charge in [-0.05, 0) is 19.8 Å². The number of rotatable bonds is 5. The fourth-order valence-electron chi connectivity index (χ4n) is 2.82. The van der Waals surface area contributed by atoms with Crippen LogP contribution in [0, 0.1) is 6.92 Å². The Labute approximate surface area is 152 Å². The van der Waals surface area contributed by atoms with E-state index in [1.807, 2.05) is 0 Å². The van der Waals surface area contributed by atoms with E-state index in [4.69, 9.17) is 4.42 Å². The van der Waals surface area contributed by atoms with E-state index in [1.165, 1.54) is 12.0 Å². The number of urea groups is 1. The molecule has 0 radical (unpaired) electrons. The summed E-state index contributed by atoms with van der Waals surface area (Å²) in [5.41, 5.74) is 0.341. The molecule has 2 rings (SSSR count). The second-order valence-corrected chi connectivity index (χ2v) is 6.48. The van der Waals surface area contributed by atoms with Crippen molar-refractivity contribution in [2.45, 2.75) is 32.1 Å². The first-order chi connectivity index (χ1) is 12.3. The van der Waals surface area contributed by atoms with Gasteiger partial charge in [-0.3, -0.25) is 9.59 Å². The Balaban J connectivity index is 1.86. The van der Waals surface area contributed by atoms with Crippen LogP contribution in [0.5, 0.6) is 0 Å². The highest BCUT2D eigenvalue weighted by molar-refractivity contribution is 5.92. The Bertz CT molecular complexity index is 662. The third-order valence-electron chi connectivity index (χ3n) is 4.39. The minimum Gasteiger partial charge on any atom is -0.469 e. The van der Waals surface area contributed by atoms with Gasteiger partial charge in [0.1, 0.15) is 5.76 Å². The summed E-state index contributed by atoms with van der Waals surface area (Å²) in [4.78, 5) is 42.8. The van der Waals surface area contributed by atoms with Gasteiger partial charge in [-0.15, -0.1) is 0 Å². The first-order valence-electron chi connectivity index (χ1n) is 8.62. The summed E-state index contributed by atoms with van der Waals surface area (Å²) in [5.74, 6) is 0.614. The number of esters is 1. The van der Waals surface area contributed by atoms with Crippen LogP contribution in [0.25, 0.3) is 0 Å². The fourth-order valence-corrected chi connectivity index (χ4v) is 2.82. The third kappa shape index (κ3) is 4.74. The molecule has 2 heterocycles. The molecule has 1 saturated heterocycles. The Kier molecular flexibility index (Phi) is 6.59. The molecular formula is C17H26N4O5. The third-order valence-corrected chi connectivity index (χ3v) is 4.39. The SMILES string of the molecule is COC(=O)CCNC(=O)N1CCC(c2nc(C(=O)N(C)C)c(C)o2)CC1. The topological polar surface area (TPSA) is 105 Å². The molecule has 0 bridgehead atoms. The number of aromatic nitrogens is 1. The van der Waals surface area contributed by atoms with Crippen molar-refractivity contribution < 1.29 is 23.5 Å². The van der Waals surface area contributed by atoms with E-state index < -0.39 is 0 Å². The standard InChI is InChI=1S/C17H26N4O5/c1-11-14(16(23)20(2)3)19-15(26-11)12-6-9-21(10-7-12)17(24)18-8-5-13(22)25-4/h12H,5-10H2,1-4H3,(H,18,24). The van der Waals surface area contributed by atoms with Crippen LogP contribution >= 0.6 is 0 Å². The van der Waals surface area contributed by atoms with Gasteiger partial charge in [-0.25, -0.2) is 9.78 Å². The second-order valence-electron chi connectivity index (χ2n) is 6.48. The number of nitrogens with one attached hydrogen (secondary N) is 1. The summed E-state index contributed by atoms with van der Waals surface area (Å²) in [5, 5.41) is 2.71. The van der Waals surface area contributed by atoms with Crippen molar-refractivity contribution in [1.29, 1.82) is 0 Å². The molecule has 1 aliphatic heterocycles. The Morgan fingerprint density at radius 2 is 1.96 bits per heavy atom. The maximum Gasteiger partial charge on any atom is 0.317 e. The van der Waals surface area contributed by atoms with Crippen molar-refractivity contribution >= 4 is 17.9 Å². The molecule has 3 amide bonds. The average molecular weight is 366 g/mol. The van der Waals surface area contributed by atoms with Crippen molar-refractivity contribution in [3.05, 3.63) is 17.3 Å². The number of hydrogen-bond donors (Lipinski definition) is 1. The predicted octanol–water partition coefficient (Wildman–Crippen LogP) is 1.14. The maximum absolute atomic E-state index is 12.1. The molecule has 9 heteroatoms. The van der Waals surface area contributed by atoms with E-state index in [9.17, 15) is 14.4 Å². The normalized spacial score (nSPS) is 14.8. The molecule has 0 aliphatic carbocycles. The van der Waals surface area contributed by atoms with Gasteiger partial charge in [0.25, 0.3) is 5.91 Å². The molecule has 0 aromatic carbocycles. The first-order valence-corrected chi connectivity index (χ1v) is 8.62. The number of amides is 3. The molecule has 9 nitrogen and oxygen atoms in total. The quantitative estimate of drug-likeness (QED) is 0.784. The highest BCUT2D eigenvalue weighted by atomic mass is 16.5. The van der Waals surface area contributed by atoms with Gasteiger partial charge in [0, 0.05) is 39.6 Å². The van der Waals surface area contributed by atoms with Crippen LogP contribution in [-0.2, 0) is 9.53 Å². The van der Waals surface area contributed by atoms with Gasteiger partial charge in [0.05, 0.1) is 13.5 Å². The lowest BCUT2D eigenvalue weighted by Gasteiger charge is -2.30. The lowest BCUT2D eigenvalue weighted by atomic mass is 9.97. The van der Waals surface area contributed by atoms with Crippen LogP contribution in [0.1, 0.15) is 47.3 Å². The fraction of sp³-hybridized carbons (Fsp3) is 0.647. The molecule has 144 valence electrons. The Morgan fingerprint density at radius 3 is 2.54 bits per heavy atom. The molecule has 0 saturated carbocycles. The van der Waals surface area contributed by atoms with Crippen molar-refractivity contribution in [1.82, 2.24) is 20.1 Å². The number of ether oxygens (including phenoxy) is 1. The number of methoxy groups -OCH3 is 1. The molecule has 1 aromatic heterocycles. The van der Waals surface area contributed by atoms with Crippen LogP contribution in [-0.4, -0.2) is 73.5 Å². The average Bonchev–Trinajstić information content (AvgIpc) is 3.02. The summed E-state index contributed by atoms with van der Waals surface area (Å²) < 4.78 is 10.2. The van der Waals surface area contributed by atoms with Crippen molar-refractivity contribution in [2.24, 2.45) is 0 Å². The van der Waals surface area contributed by atoms with Crippen LogP contribution < -0.4 is 5.32 Å². The monoisotopic (exact) mass is 366 g/mol. The van der Waals surface area contributed by atoms with Gasteiger partial charge in [-0.1, -0.05) is 0 Å². The molecule has 1 N–H and O–H groups in total. The van der Waals surface area contributed by atoms with Crippen molar-refractivity contribution in [3.8, 4) is 0 Å². The number of carbonyl (C=O) groups excluding carboxylic acids is 3. The lowest BCUT2D eigenvalue weighted by Crippen LogP contribution is -2.44. The minimum atomic E-state index is -0.355.